The van der Waals surface area contributed by atoms with E-state index in [-0.39, 0.29) is 42.1 Å². The largest absolute Gasteiger partial charge is 0.374 e. The van der Waals surface area contributed by atoms with Gasteiger partial charge in [0.25, 0.3) is 0 Å². The van der Waals surface area contributed by atoms with Crippen molar-refractivity contribution >= 4 is 17.3 Å². The van der Waals surface area contributed by atoms with Gasteiger partial charge in [-0.2, -0.15) is 5.01 Å². The number of piperazine rings is 1. The lowest BCUT2D eigenvalue weighted by Gasteiger charge is -2.47. The maximum atomic E-state index is 13.6. The van der Waals surface area contributed by atoms with E-state index in [1.54, 1.807) is 0 Å². The van der Waals surface area contributed by atoms with E-state index in [1.165, 1.54) is 5.69 Å². The summed E-state index contributed by atoms with van der Waals surface area (Å²) in [7, 11) is 2.18. The molecule has 5 atom stereocenters. The molecule has 39 heavy (non-hydrogen) atoms. The molecule has 1 aromatic carbocycles. The van der Waals surface area contributed by atoms with Crippen molar-refractivity contribution in [3.63, 3.8) is 0 Å². The number of amides is 1. The van der Waals surface area contributed by atoms with Crippen LogP contribution in [0.4, 0.5) is 11.4 Å². The lowest BCUT2D eigenvalue weighted by atomic mass is 9.89. The number of nitrogens with zero attached hydrogens (tertiary/aromatic N) is 4. The van der Waals surface area contributed by atoms with Crippen LogP contribution in [0.15, 0.2) is 36.4 Å². The minimum Gasteiger partial charge on any atom is -0.374 e. The molecule has 4 N–H and O–H groups in total. The number of anilines is 2. The van der Waals surface area contributed by atoms with Crippen molar-refractivity contribution < 1.29 is 9.53 Å². The Balaban J connectivity index is 1.17. The summed E-state index contributed by atoms with van der Waals surface area (Å²) in [5, 5.41) is 19.1. The molecule has 10 heteroatoms. The summed E-state index contributed by atoms with van der Waals surface area (Å²) in [4.78, 5) is 18.5. The van der Waals surface area contributed by atoms with E-state index < -0.39 is 0 Å². The first-order valence-electron chi connectivity index (χ1n) is 14.8. The second-order valence-electron chi connectivity index (χ2n) is 12.2. The molecule has 1 amide bonds. The zero-order valence-corrected chi connectivity index (χ0v) is 23.7. The molecule has 5 aliphatic rings. The van der Waals surface area contributed by atoms with Crippen LogP contribution in [-0.4, -0.2) is 104 Å². The first-order valence-corrected chi connectivity index (χ1v) is 14.8. The number of hydrazine groups is 1. The highest BCUT2D eigenvalue weighted by Crippen LogP contribution is 2.34. The number of ether oxygens (including phenoxy) is 1. The van der Waals surface area contributed by atoms with Gasteiger partial charge in [-0.3, -0.25) is 25.8 Å². The van der Waals surface area contributed by atoms with E-state index in [2.05, 4.69) is 93.4 Å². The average molecular weight is 539 g/mol. The Bertz CT molecular complexity index is 1020. The van der Waals surface area contributed by atoms with Crippen molar-refractivity contribution in [3.05, 3.63) is 36.4 Å². The second-order valence-corrected chi connectivity index (χ2v) is 12.2. The monoisotopic (exact) mass is 538 g/mol. The molecule has 0 spiro atoms. The molecule has 4 saturated heterocycles. The van der Waals surface area contributed by atoms with Gasteiger partial charge in [-0.25, -0.2) is 0 Å². The number of nitrogens with one attached hydrogen (secondary N) is 4. The third-order valence-corrected chi connectivity index (χ3v) is 9.17. The van der Waals surface area contributed by atoms with E-state index in [1.807, 2.05) is 5.01 Å². The molecule has 6 rings (SSSR count). The highest BCUT2D eigenvalue weighted by atomic mass is 16.5. The number of rotatable bonds is 3. The minimum absolute atomic E-state index is 0.0764. The number of hydrogen-bond acceptors (Lipinski definition) is 9. The van der Waals surface area contributed by atoms with Gasteiger partial charge in [-0.15, -0.1) is 0 Å². The molecule has 4 fully saturated rings. The SMILES string of the molecule is CN1CCN(c2ccc(NC3NCC4C(=O)N5C/C=C\CCOC(C)(C)C6CCCC(N6)N5C4N3)cc2)CC1. The summed E-state index contributed by atoms with van der Waals surface area (Å²) in [5.74, 6) is 0.0590. The van der Waals surface area contributed by atoms with Crippen LogP contribution >= 0.6 is 0 Å². The predicted octanol–water partition coefficient (Wildman–Crippen LogP) is 1.55. The number of carbonyl (C=O) groups excluding carboxylic acids is 1. The van der Waals surface area contributed by atoms with Crippen molar-refractivity contribution in [2.45, 2.75) is 69.8 Å². The topological polar surface area (TPSA) is 87.4 Å². The number of benzene rings is 1. The van der Waals surface area contributed by atoms with Crippen LogP contribution in [0.5, 0.6) is 0 Å². The maximum absolute atomic E-state index is 13.6. The Labute approximate surface area is 233 Å². The molecule has 214 valence electrons. The Morgan fingerprint density at radius 2 is 1.82 bits per heavy atom. The smallest absolute Gasteiger partial charge is 0.244 e. The highest BCUT2D eigenvalue weighted by molar-refractivity contribution is 5.82. The van der Waals surface area contributed by atoms with Crippen molar-refractivity contribution in [2.24, 2.45) is 5.92 Å². The highest BCUT2D eigenvalue weighted by Gasteiger charge is 2.52. The average Bonchev–Trinajstić information content (AvgIpc) is 3.21. The molecule has 0 aromatic heterocycles. The lowest BCUT2D eigenvalue weighted by molar-refractivity contribution is -0.147. The zero-order valence-electron chi connectivity index (χ0n) is 23.7. The maximum Gasteiger partial charge on any atom is 0.244 e. The molecule has 0 saturated carbocycles. The molecular weight excluding hydrogens is 492 g/mol. The Morgan fingerprint density at radius 1 is 1.03 bits per heavy atom. The van der Waals surface area contributed by atoms with Crippen LogP contribution in [0, 0.1) is 5.92 Å². The summed E-state index contributed by atoms with van der Waals surface area (Å²) in [6, 6.07) is 8.97. The van der Waals surface area contributed by atoms with Gasteiger partial charge in [0.2, 0.25) is 5.91 Å². The van der Waals surface area contributed by atoms with Gasteiger partial charge in [0.15, 0.2) is 0 Å². The number of carbonyl (C=O) groups is 1. The van der Waals surface area contributed by atoms with E-state index in [0.717, 1.165) is 57.5 Å². The van der Waals surface area contributed by atoms with Crippen LogP contribution in [0.1, 0.15) is 39.5 Å². The van der Waals surface area contributed by atoms with Gasteiger partial charge in [-0.1, -0.05) is 12.2 Å². The quantitative estimate of drug-likeness (QED) is 0.428. The molecule has 10 nitrogen and oxygen atoms in total. The summed E-state index contributed by atoms with van der Waals surface area (Å²) < 4.78 is 6.31. The molecule has 5 unspecified atom stereocenters. The number of likely N-dealkylation sites (N-methyl/N-ethyl adjacent to an activating group) is 1. The van der Waals surface area contributed by atoms with E-state index in [4.69, 9.17) is 4.74 Å². The summed E-state index contributed by atoms with van der Waals surface area (Å²) >= 11 is 0. The van der Waals surface area contributed by atoms with Crippen LogP contribution < -0.4 is 26.2 Å². The Morgan fingerprint density at radius 3 is 2.62 bits per heavy atom. The van der Waals surface area contributed by atoms with Gasteiger partial charge in [0.05, 0.1) is 37.0 Å². The molecule has 5 aliphatic heterocycles. The third-order valence-electron chi connectivity index (χ3n) is 9.17. The number of fused-ring (bicyclic) bond motifs is 6. The molecular formula is C29H46N8O2. The van der Waals surface area contributed by atoms with Gasteiger partial charge in [-0.05, 0) is 70.8 Å². The Kier molecular flexibility index (Phi) is 7.85. The van der Waals surface area contributed by atoms with E-state index in [0.29, 0.717) is 19.7 Å². The molecule has 5 heterocycles. The molecule has 0 aliphatic carbocycles. The van der Waals surface area contributed by atoms with Crippen molar-refractivity contribution in [3.8, 4) is 0 Å². The second kappa shape index (κ2) is 11.3. The Hall–Kier alpha value is -2.21. The third kappa shape index (κ3) is 5.68. The van der Waals surface area contributed by atoms with Crippen molar-refractivity contribution in [2.75, 3.05) is 63.1 Å². The first kappa shape index (κ1) is 27.0. The van der Waals surface area contributed by atoms with Gasteiger partial charge < -0.3 is 19.9 Å². The molecule has 1 aromatic rings. The van der Waals surface area contributed by atoms with Crippen LogP contribution in [0.25, 0.3) is 0 Å². The summed E-state index contributed by atoms with van der Waals surface area (Å²) in [5.41, 5.74) is 2.07. The fourth-order valence-electron chi connectivity index (χ4n) is 6.73. The molecule has 2 bridgehead atoms. The summed E-state index contributed by atoms with van der Waals surface area (Å²) in [6.45, 7) is 10.6. The zero-order chi connectivity index (χ0) is 27.0. The minimum atomic E-state index is -0.262. The van der Waals surface area contributed by atoms with Crippen LogP contribution in [0.2, 0.25) is 0 Å². The van der Waals surface area contributed by atoms with Crippen molar-refractivity contribution in [1.29, 1.82) is 0 Å². The number of piperidine rings is 1. The van der Waals surface area contributed by atoms with E-state index in [9.17, 15) is 4.79 Å². The number of hydrogen-bond donors (Lipinski definition) is 4. The fraction of sp³-hybridized carbons (Fsp3) is 0.690. The van der Waals surface area contributed by atoms with Gasteiger partial charge in [0, 0.05) is 50.1 Å². The predicted molar refractivity (Wildman–Crippen MR) is 154 cm³/mol. The van der Waals surface area contributed by atoms with Crippen LogP contribution in [-0.2, 0) is 9.53 Å². The van der Waals surface area contributed by atoms with Gasteiger partial charge >= 0.3 is 0 Å². The standard InChI is InChI=1S/C29H46N8O2/c1-29(2)24-8-7-9-25(32-24)37-26-23(27(38)36(37)14-5-4-6-19-39-29)20-30-28(33-26)31-21-10-12-22(13-11-21)35-17-15-34(3)16-18-35/h4-5,10-13,23-26,28,30-33H,6-9,14-20H2,1-3H3/b5-4-. The lowest BCUT2D eigenvalue weighted by Crippen LogP contribution is -2.69. The van der Waals surface area contributed by atoms with Gasteiger partial charge in [0.1, 0.15) is 6.29 Å². The first-order chi connectivity index (χ1) is 18.9. The van der Waals surface area contributed by atoms with Crippen molar-refractivity contribution in [1.82, 2.24) is 30.9 Å². The molecule has 0 radical (unpaired) electrons. The normalized spacial score (nSPS) is 34.9. The fourth-order valence-corrected chi connectivity index (χ4v) is 6.73. The van der Waals surface area contributed by atoms with Crippen LogP contribution in [0.3, 0.4) is 0 Å². The summed E-state index contributed by atoms with van der Waals surface area (Å²) in [6.07, 6.45) is 8.17. The van der Waals surface area contributed by atoms with E-state index >= 15 is 0 Å².